The van der Waals surface area contributed by atoms with E-state index in [1.807, 2.05) is 6.92 Å². The fourth-order valence-corrected chi connectivity index (χ4v) is 2.22. The van der Waals surface area contributed by atoms with E-state index >= 15 is 0 Å². The molecule has 2 rings (SSSR count). The number of nitrogens with zero attached hydrogens (tertiary/aromatic N) is 1. The Balaban J connectivity index is 2.25. The summed E-state index contributed by atoms with van der Waals surface area (Å²) in [5.74, 6) is -0.881. The number of imide groups is 1. The van der Waals surface area contributed by atoms with Crippen LogP contribution in [0.1, 0.15) is 50.8 Å². The van der Waals surface area contributed by atoms with Crippen LogP contribution in [0.4, 0.5) is 0 Å². The Kier molecular flexibility index (Phi) is 4.52. The van der Waals surface area contributed by atoms with E-state index in [1.54, 1.807) is 18.2 Å². The van der Waals surface area contributed by atoms with E-state index in [0.29, 0.717) is 29.8 Å². The molecule has 1 aliphatic heterocycles. The molecule has 1 aromatic carbocycles. The van der Waals surface area contributed by atoms with Crippen LogP contribution in [0.15, 0.2) is 30.9 Å². The van der Waals surface area contributed by atoms with Crippen LogP contribution >= 0.6 is 0 Å². The maximum atomic E-state index is 12.3. The van der Waals surface area contributed by atoms with Crippen LogP contribution in [0.3, 0.4) is 0 Å². The SMILES string of the molecule is C=CCNC(=O)c1ccc2c(c1)C(=O)N(CCCC)C2=O. The molecule has 0 saturated heterocycles. The van der Waals surface area contributed by atoms with Crippen LogP contribution in [-0.2, 0) is 0 Å². The van der Waals surface area contributed by atoms with Crippen molar-refractivity contribution in [2.45, 2.75) is 19.8 Å². The zero-order valence-electron chi connectivity index (χ0n) is 12.0. The maximum Gasteiger partial charge on any atom is 0.261 e. The third-order valence-corrected chi connectivity index (χ3v) is 3.38. The molecule has 3 amide bonds. The molecule has 110 valence electrons. The van der Waals surface area contributed by atoms with Gasteiger partial charge in [0.1, 0.15) is 0 Å². The molecular weight excluding hydrogens is 268 g/mol. The summed E-state index contributed by atoms with van der Waals surface area (Å²) in [5.41, 5.74) is 1.05. The summed E-state index contributed by atoms with van der Waals surface area (Å²) in [6.07, 6.45) is 3.26. The van der Waals surface area contributed by atoms with Gasteiger partial charge in [-0.3, -0.25) is 19.3 Å². The number of unbranched alkanes of at least 4 members (excludes halogenated alkanes) is 1. The van der Waals surface area contributed by atoms with Gasteiger partial charge in [0.15, 0.2) is 0 Å². The molecule has 1 aromatic rings. The average Bonchev–Trinajstić information content (AvgIpc) is 2.74. The summed E-state index contributed by atoms with van der Waals surface area (Å²) in [5, 5.41) is 2.64. The number of hydrogen-bond donors (Lipinski definition) is 1. The van der Waals surface area contributed by atoms with Crippen molar-refractivity contribution in [3.63, 3.8) is 0 Å². The van der Waals surface area contributed by atoms with Crippen LogP contribution in [0.5, 0.6) is 0 Å². The van der Waals surface area contributed by atoms with Crippen molar-refractivity contribution in [3.8, 4) is 0 Å². The predicted octanol–water partition coefficient (Wildman–Crippen LogP) is 2.00. The number of benzene rings is 1. The van der Waals surface area contributed by atoms with Crippen molar-refractivity contribution >= 4 is 17.7 Å². The lowest BCUT2D eigenvalue weighted by atomic mass is 10.1. The minimum absolute atomic E-state index is 0.276. The molecule has 1 aliphatic rings. The molecule has 21 heavy (non-hydrogen) atoms. The second-order valence-corrected chi connectivity index (χ2v) is 4.87. The number of carbonyl (C=O) groups excluding carboxylic acids is 3. The molecule has 1 N–H and O–H groups in total. The van der Waals surface area contributed by atoms with Gasteiger partial charge in [-0.1, -0.05) is 19.4 Å². The lowest BCUT2D eigenvalue weighted by Gasteiger charge is -2.12. The van der Waals surface area contributed by atoms with Gasteiger partial charge in [0.2, 0.25) is 0 Å². The Labute approximate surface area is 123 Å². The number of rotatable bonds is 6. The Morgan fingerprint density at radius 3 is 2.67 bits per heavy atom. The van der Waals surface area contributed by atoms with Gasteiger partial charge in [-0.2, -0.15) is 0 Å². The first-order valence-electron chi connectivity index (χ1n) is 6.99. The molecule has 0 aromatic heterocycles. The minimum Gasteiger partial charge on any atom is -0.349 e. The van der Waals surface area contributed by atoms with Crippen molar-refractivity contribution in [1.29, 1.82) is 0 Å². The standard InChI is InChI=1S/C16H18N2O3/c1-3-5-9-18-15(20)12-7-6-11(10-13(12)16(18)21)14(19)17-8-4-2/h4,6-7,10H,2-3,5,8-9H2,1H3,(H,17,19). The van der Waals surface area contributed by atoms with Crippen LogP contribution in [0.25, 0.3) is 0 Å². The quantitative estimate of drug-likeness (QED) is 0.642. The van der Waals surface area contributed by atoms with Crippen LogP contribution < -0.4 is 5.32 Å². The molecule has 0 spiro atoms. The van der Waals surface area contributed by atoms with Gasteiger partial charge in [0, 0.05) is 18.7 Å². The normalized spacial score (nSPS) is 13.3. The number of nitrogens with one attached hydrogen (secondary N) is 1. The van der Waals surface area contributed by atoms with E-state index in [2.05, 4.69) is 11.9 Å². The van der Waals surface area contributed by atoms with E-state index in [9.17, 15) is 14.4 Å². The number of hydrogen-bond acceptors (Lipinski definition) is 3. The minimum atomic E-state index is -0.318. The molecule has 0 radical (unpaired) electrons. The molecule has 0 bridgehead atoms. The molecule has 1 heterocycles. The number of fused-ring (bicyclic) bond motifs is 1. The van der Waals surface area contributed by atoms with Gasteiger partial charge in [-0.05, 0) is 24.6 Å². The maximum absolute atomic E-state index is 12.3. The third kappa shape index (κ3) is 2.86. The van der Waals surface area contributed by atoms with Gasteiger partial charge < -0.3 is 5.32 Å². The Morgan fingerprint density at radius 1 is 1.29 bits per heavy atom. The van der Waals surface area contributed by atoms with E-state index in [0.717, 1.165) is 12.8 Å². The molecule has 0 fully saturated rings. The monoisotopic (exact) mass is 286 g/mol. The van der Waals surface area contributed by atoms with Crippen LogP contribution in [0.2, 0.25) is 0 Å². The molecule has 5 nitrogen and oxygen atoms in total. The summed E-state index contributed by atoms with van der Waals surface area (Å²) in [6.45, 7) is 6.29. The highest BCUT2D eigenvalue weighted by molar-refractivity contribution is 6.22. The molecule has 0 saturated carbocycles. The Hall–Kier alpha value is -2.43. The first-order valence-corrected chi connectivity index (χ1v) is 6.99. The third-order valence-electron chi connectivity index (χ3n) is 3.38. The first-order chi connectivity index (χ1) is 10.1. The second kappa shape index (κ2) is 6.35. The Morgan fingerprint density at radius 2 is 2.00 bits per heavy atom. The lowest BCUT2D eigenvalue weighted by molar-refractivity contribution is 0.0652. The van der Waals surface area contributed by atoms with Crippen molar-refractivity contribution < 1.29 is 14.4 Å². The van der Waals surface area contributed by atoms with E-state index in [-0.39, 0.29) is 17.7 Å². The van der Waals surface area contributed by atoms with Gasteiger partial charge in [-0.25, -0.2) is 0 Å². The summed E-state index contributed by atoms with van der Waals surface area (Å²) in [6, 6.07) is 4.59. The summed E-state index contributed by atoms with van der Waals surface area (Å²) in [4.78, 5) is 37.5. The van der Waals surface area contributed by atoms with E-state index in [1.165, 1.54) is 11.0 Å². The first kappa shape index (κ1) is 15.0. The van der Waals surface area contributed by atoms with Gasteiger partial charge in [0.25, 0.3) is 17.7 Å². The summed E-state index contributed by atoms with van der Waals surface area (Å²) < 4.78 is 0. The van der Waals surface area contributed by atoms with E-state index in [4.69, 9.17) is 0 Å². The molecule has 0 atom stereocenters. The summed E-state index contributed by atoms with van der Waals surface area (Å²) in [7, 11) is 0. The van der Waals surface area contributed by atoms with Crippen LogP contribution in [0, 0.1) is 0 Å². The highest BCUT2D eigenvalue weighted by atomic mass is 16.2. The zero-order chi connectivity index (χ0) is 15.4. The molecular formula is C16H18N2O3. The highest BCUT2D eigenvalue weighted by Gasteiger charge is 2.35. The van der Waals surface area contributed by atoms with Gasteiger partial charge >= 0.3 is 0 Å². The number of carbonyl (C=O) groups is 3. The average molecular weight is 286 g/mol. The molecule has 5 heteroatoms. The largest absolute Gasteiger partial charge is 0.349 e. The highest BCUT2D eigenvalue weighted by Crippen LogP contribution is 2.24. The van der Waals surface area contributed by atoms with Gasteiger partial charge in [-0.15, -0.1) is 6.58 Å². The summed E-state index contributed by atoms with van der Waals surface area (Å²) >= 11 is 0. The fourth-order valence-electron chi connectivity index (χ4n) is 2.22. The van der Waals surface area contributed by atoms with Crippen molar-refractivity contribution in [3.05, 3.63) is 47.5 Å². The van der Waals surface area contributed by atoms with E-state index < -0.39 is 0 Å². The van der Waals surface area contributed by atoms with Gasteiger partial charge in [0.05, 0.1) is 11.1 Å². The topological polar surface area (TPSA) is 66.5 Å². The number of amides is 3. The molecule has 0 unspecified atom stereocenters. The Bertz CT molecular complexity index is 608. The van der Waals surface area contributed by atoms with Crippen LogP contribution in [-0.4, -0.2) is 35.7 Å². The smallest absolute Gasteiger partial charge is 0.261 e. The van der Waals surface area contributed by atoms with Crippen molar-refractivity contribution in [2.24, 2.45) is 0 Å². The fraction of sp³-hybridized carbons (Fsp3) is 0.312. The van der Waals surface area contributed by atoms with Crippen molar-refractivity contribution in [1.82, 2.24) is 10.2 Å². The predicted molar refractivity (Wildman–Crippen MR) is 79.2 cm³/mol. The zero-order valence-corrected chi connectivity index (χ0v) is 12.0. The molecule has 0 aliphatic carbocycles. The lowest BCUT2D eigenvalue weighted by Crippen LogP contribution is -2.30. The van der Waals surface area contributed by atoms with Crippen molar-refractivity contribution in [2.75, 3.05) is 13.1 Å². The second-order valence-electron chi connectivity index (χ2n) is 4.87.